The Balaban J connectivity index is 1.97. The molecule has 0 fully saturated rings. The van der Waals surface area contributed by atoms with E-state index >= 15 is 0 Å². The van der Waals surface area contributed by atoms with Gasteiger partial charge in [0.25, 0.3) is 0 Å². The molecule has 146 valence electrons. The number of rotatable bonds is 8. The third-order valence-corrected chi connectivity index (χ3v) is 4.02. The second-order valence-electron chi connectivity index (χ2n) is 6.04. The highest BCUT2D eigenvalue weighted by molar-refractivity contribution is 6.31. The SMILES string of the molecule is COc1cc(CN(C)CC(=O)Nc2cc(Cl)ccc2C)ccc1OC(F)F. The Bertz CT molecular complexity index is 803. The molecule has 2 aromatic rings. The Labute approximate surface area is 161 Å². The molecule has 1 amide bonds. The minimum absolute atomic E-state index is 0.0342. The van der Waals surface area contributed by atoms with Crippen molar-refractivity contribution in [2.75, 3.05) is 26.0 Å². The minimum Gasteiger partial charge on any atom is -0.493 e. The van der Waals surface area contributed by atoms with Crippen molar-refractivity contribution in [3.63, 3.8) is 0 Å². The molecule has 2 aromatic carbocycles. The van der Waals surface area contributed by atoms with E-state index in [0.717, 1.165) is 11.1 Å². The molecule has 0 atom stereocenters. The van der Waals surface area contributed by atoms with E-state index in [-0.39, 0.29) is 24.0 Å². The van der Waals surface area contributed by atoms with Gasteiger partial charge in [0, 0.05) is 17.3 Å². The standard InChI is InChI=1S/C19H21ClF2N2O3/c1-12-4-6-14(20)9-15(12)23-18(25)11-24(2)10-13-5-7-16(27-19(21)22)17(8-13)26-3/h4-9,19H,10-11H2,1-3H3,(H,23,25). The smallest absolute Gasteiger partial charge is 0.387 e. The van der Waals surface area contributed by atoms with Crippen LogP contribution in [-0.2, 0) is 11.3 Å². The molecule has 0 aromatic heterocycles. The van der Waals surface area contributed by atoms with E-state index in [1.54, 1.807) is 36.2 Å². The molecule has 27 heavy (non-hydrogen) atoms. The molecule has 0 spiro atoms. The van der Waals surface area contributed by atoms with Crippen LogP contribution in [0.4, 0.5) is 14.5 Å². The number of likely N-dealkylation sites (N-methyl/N-ethyl adjacent to an activating group) is 1. The lowest BCUT2D eigenvalue weighted by Crippen LogP contribution is -2.30. The van der Waals surface area contributed by atoms with Gasteiger partial charge in [-0.25, -0.2) is 0 Å². The molecule has 0 aliphatic heterocycles. The Hall–Kier alpha value is -2.38. The van der Waals surface area contributed by atoms with Gasteiger partial charge < -0.3 is 14.8 Å². The molecule has 0 aliphatic rings. The van der Waals surface area contributed by atoms with Gasteiger partial charge in [-0.3, -0.25) is 9.69 Å². The number of ether oxygens (including phenoxy) is 2. The number of methoxy groups -OCH3 is 1. The van der Waals surface area contributed by atoms with Crippen molar-refractivity contribution in [3.8, 4) is 11.5 Å². The van der Waals surface area contributed by atoms with Crippen LogP contribution in [0.15, 0.2) is 36.4 Å². The quantitative estimate of drug-likeness (QED) is 0.719. The monoisotopic (exact) mass is 398 g/mol. The van der Waals surface area contributed by atoms with Crippen molar-refractivity contribution in [3.05, 3.63) is 52.5 Å². The van der Waals surface area contributed by atoms with Crippen molar-refractivity contribution in [1.29, 1.82) is 0 Å². The van der Waals surface area contributed by atoms with E-state index in [9.17, 15) is 13.6 Å². The van der Waals surface area contributed by atoms with Gasteiger partial charge in [0.1, 0.15) is 0 Å². The number of nitrogens with one attached hydrogen (secondary N) is 1. The van der Waals surface area contributed by atoms with E-state index < -0.39 is 6.61 Å². The first-order valence-corrected chi connectivity index (χ1v) is 8.52. The van der Waals surface area contributed by atoms with Crippen molar-refractivity contribution in [2.24, 2.45) is 0 Å². The summed E-state index contributed by atoms with van der Waals surface area (Å²) in [5.41, 5.74) is 2.37. The number of anilines is 1. The van der Waals surface area contributed by atoms with Gasteiger partial charge in [-0.05, 0) is 49.4 Å². The average Bonchev–Trinajstić information content (AvgIpc) is 2.58. The molecule has 0 bridgehead atoms. The highest BCUT2D eigenvalue weighted by Gasteiger charge is 2.13. The number of aryl methyl sites for hydroxylation is 1. The topological polar surface area (TPSA) is 50.8 Å². The number of hydrogen-bond donors (Lipinski definition) is 1. The van der Waals surface area contributed by atoms with Crippen LogP contribution < -0.4 is 14.8 Å². The Morgan fingerprint density at radius 2 is 1.96 bits per heavy atom. The van der Waals surface area contributed by atoms with Crippen molar-refractivity contribution in [2.45, 2.75) is 20.1 Å². The molecule has 2 rings (SSSR count). The molecule has 0 radical (unpaired) electrons. The third-order valence-electron chi connectivity index (χ3n) is 3.78. The van der Waals surface area contributed by atoms with E-state index in [1.807, 2.05) is 13.0 Å². The summed E-state index contributed by atoms with van der Waals surface area (Å²) in [7, 11) is 3.16. The molecule has 0 aliphatic carbocycles. The van der Waals surface area contributed by atoms with Gasteiger partial charge >= 0.3 is 6.61 Å². The maximum Gasteiger partial charge on any atom is 0.387 e. The summed E-state index contributed by atoms with van der Waals surface area (Å²) in [4.78, 5) is 14.0. The zero-order valence-corrected chi connectivity index (χ0v) is 16.0. The van der Waals surface area contributed by atoms with Gasteiger partial charge in [-0.2, -0.15) is 8.78 Å². The van der Waals surface area contributed by atoms with Gasteiger partial charge in [-0.15, -0.1) is 0 Å². The summed E-state index contributed by atoms with van der Waals surface area (Å²) < 4.78 is 34.3. The zero-order chi connectivity index (χ0) is 20.0. The van der Waals surface area contributed by atoms with Crippen LogP contribution in [-0.4, -0.2) is 38.1 Å². The highest BCUT2D eigenvalue weighted by Crippen LogP contribution is 2.29. The van der Waals surface area contributed by atoms with Crippen molar-refractivity contribution < 1.29 is 23.0 Å². The fourth-order valence-electron chi connectivity index (χ4n) is 2.54. The molecular weight excluding hydrogens is 378 g/mol. The summed E-state index contributed by atoms with van der Waals surface area (Å²) >= 11 is 5.96. The van der Waals surface area contributed by atoms with Crippen LogP contribution in [0, 0.1) is 6.92 Å². The number of amides is 1. The Kier molecular flexibility index (Phi) is 7.38. The van der Waals surface area contributed by atoms with E-state index in [0.29, 0.717) is 17.3 Å². The highest BCUT2D eigenvalue weighted by atomic mass is 35.5. The van der Waals surface area contributed by atoms with Gasteiger partial charge in [0.15, 0.2) is 11.5 Å². The lowest BCUT2D eigenvalue weighted by Gasteiger charge is -2.18. The number of hydrogen-bond acceptors (Lipinski definition) is 4. The fraction of sp³-hybridized carbons (Fsp3) is 0.316. The minimum atomic E-state index is -2.92. The van der Waals surface area contributed by atoms with Gasteiger partial charge in [0.05, 0.1) is 13.7 Å². The summed E-state index contributed by atoms with van der Waals surface area (Å²) in [5, 5.41) is 3.37. The fourth-order valence-corrected chi connectivity index (χ4v) is 2.71. The second-order valence-corrected chi connectivity index (χ2v) is 6.48. The number of alkyl halides is 2. The number of nitrogens with zero attached hydrogens (tertiary/aromatic N) is 1. The van der Waals surface area contributed by atoms with Gasteiger partial charge in [0.2, 0.25) is 5.91 Å². The third kappa shape index (κ3) is 6.37. The second kappa shape index (κ2) is 9.53. The summed E-state index contributed by atoms with van der Waals surface area (Å²) in [6.07, 6.45) is 0. The van der Waals surface area contributed by atoms with Crippen LogP contribution >= 0.6 is 11.6 Å². The molecule has 0 unspecified atom stereocenters. The average molecular weight is 399 g/mol. The molecule has 1 N–H and O–H groups in total. The van der Waals surface area contributed by atoms with E-state index in [4.69, 9.17) is 16.3 Å². The predicted molar refractivity (Wildman–Crippen MR) is 101 cm³/mol. The van der Waals surface area contributed by atoms with Crippen LogP contribution in [0.25, 0.3) is 0 Å². The lowest BCUT2D eigenvalue weighted by molar-refractivity contribution is -0.117. The summed E-state index contributed by atoms with van der Waals surface area (Å²) in [6, 6.07) is 9.96. The lowest BCUT2D eigenvalue weighted by atomic mass is 10.2. The number of carbonyl (C=O) groups is 1. The maximum absolute atomic E-state index is 12.4. The summed E-state index contributed by atoms with van der Waals surface area (Å²) in [6.45, 7) is -0.479. The van der Waals surface area contributed by atoms with Gasteiger partial charge in [-0.1, -0.05) is 23.7 Å². The predicted octanol–water partition coefficient (Wildman–Crippen LogP) is 4.33. The molecular formula is C19H21ClF2N2O3. The van der Waals surface area contributed by atoms with E-state index in [1.165, 1.54) is 13.2 Å². The van der Waals surface area contributed by atoms with Crippen LogP contribution in [0.2, 0.25) is 5.02 Å². The van der Waals surface area contributed by atoms with Crippen LogP contribution in [0.3, 0.4) is 0 Å². The molecule has 5 nitrogen and oxygen atoms in total. The van der Waals surface area contributed by atoms with Crippen molar-refractivity contribution >= 4 is 23.2 Å². The maximum atomic E-state index is 12.4. The van der Waals surface area contributed by atoms with E-state index in [2.05, 4.69) is 10.1 Å². The largest absolute Gasteiger partial charge is 0.493 e. The zero-order valence-electron chi connectivity index (χ0n) is 15.3. The van der Waals surface area contributed by atoms with Crippen LogP contribution in [0.1, 0.15) is 11.1 Å². The first-order valence-electron chi connectivity index (χ1n) is 8.14. The molecule has 0 saturated heterocycles. The molecule has 0 heterocycles. The summed E-state index contributed by atoms with van der Waals surface area (Å²) in [5.74, 6) is -0.0132. The molecule has 8 heteroatoms. The number of benzene rings is 2. The van der Waals surface area contributed by atoms with Crippen LogP contribution in [0.5, 0.6) is 11.5 Å². The first kappa shape index (κ1) is 20.9. The normalized spacial score (nSPS) is 11.0. The van der Waals surface area contributed by atoms with Crippen molar-refractivity contribution in [1.82, 2.24) is 4.90 Å². The number of carbonyl (C=O) groups excluding carboxylic acids is 1. The Morgan fingerprint density at radius 1 is 1.22 bits per heavy atom. The Morgan fingerprint density at radius 3 is 2.63 bits per heavy atom. The first-order chi connectivity index (χ1) is 12.8. The molecule has 0 saturated carbocycles. The number of halogens is 3.